The Hall–Kier alpha value is -1.46. The third kappa shape index (κ3) is 4.22. The van der Waals surface area contributed by atoms with Gasteiger partial charge in [0.05, 0.1) is 6.61 Å². The van der Waals surface area contributed by atoms with Crippen molar-refractivity contribution in [3.63, 3.8) is 0 Å². The van der Waals surface area contributed by atoms with Crippen LogP contribution < -0.4 is 0 Å². The molecule has 0 aromatic heterocycles. The van der Waals surface area contributed by atoms with E-state index >= 15 is 0 Å². The number of Topliss-reactive ketones (excluding diaryl/α,β-unsaturated/α-hetero) is 1. The van der Waals surface area contributed by atoms with Crippen LogP contribution in [0.2, 0.25) is 0 Å². The maximum Gasteiger partial charge on any atom is 0.306 e. The van der Waals surface area contributed by atoms with Crippen LogP contribution >= 0.6 is 0 Å². The first-order valence-corrected chi connectivity index (χ1v) is 16.5. The Kier molecular flexibility index (Phi) is 8.01. The minimum atomic E-state index is -1.47. The lowest BCUT2D eigenvalue weighted by Crippen LogP contribution is -2.49. The standard InChI is InChI=1S/C35H54O5.3H2/c1-6-7-8-9-10-11-12-13-14-15-16-17-28(37)40-35-20-25(3)33-23-32(33)19-24(2)30(38)34(32,39)21-26(22-36)18-27(33)29(35)31(35,4)5;;;/h18-19,25,27,29,36,39H,6-17,20-23H2,1-5H3;3*1H/t25-,27+,29-,32-,33+,34+,35+;;;/m1.../s1. The van der Waals surface area contributed by atoms with Crippen molar-refractivity contribution in [1.82, 2.24) is 0 Å². The molecule has 40 heavy (non-hydrogen) atoms. The Morgan fingerprint density at radius 2 is 1.65 bits per heavy atom. The summed E-state index contributed by atoms with van der Waals surface area (Å²) >= 11 is 0. The van der Waals surface area contributed by atoms with E-state index in [-0.39, 0.29) is 57.6 Å². The molecular weight excluding hydrogens is 500 g/mol. The van der Waals surface area contributed by atoms with E-state index in [1.165, 1.54) is 57.8 Å². The summed E-state index contributed by atoms with van der Waals surface area (Å²) in [4.78, 5) is 26.4. The summed E-state index contributed by atoms with van der Waals surface area (Å²) in [7, 11) is 0. The minimum absolute atomic E-state index is 0. The van der Waals surface area contributed by atoms with E-state index in [0.29, 0.717) is 12.0 Å². The molecule has 0 bridgehead atoms. The van der Waals surface area contributed by atoms with Crippen molar-refractivity contribution in [2.24, 2.45) is 34.0 Å². The lowest BCUT2D eigenvalue weighted by molar-refractivity contribution is -0.159. The van der Waals surface area contributed by atoms with Gasteiger partial charge in [0.1, 0.15) is 11.2 Å². The van der Waals surface area contributed by atoms with Gasteiger partial charge in [-0.15, -0.1) is 0 Å². The van der Waals surface area contributed by atoms with Gasteiger partial charge in [-0.3, -0.25) is 9.59 Å². The average Bonchev–Trinajstić information content (AvgIpc) is 3.70. The van der Waals surface area contributed by atoms with Crippen molar-refractivity contribution in [2.45, 2.75) is 142 Å². The molecule has 5 aliphatic carbocycles. The first kappa shape index (κ1) is 30.0. The van der Waals surface area contributed by atoms with Crippen LogP contribution in [0.1, 0.15) is 135 Å². The van der Waals surface area contributed by atoms with Gasteiger partial charge in [0.25, 0.3) is 0 Å². The van der Waals surface area contributed by atoms with Crippen molar-refractivity contribution in [3.8, 4) is 0 Å². The number of fused-ring (bicyclic) bond motifs is 2. The summed E-state index contributed by atoms with van der Waals surface area (Å²) in [6.07, 6.45) is 20.3. The van der Waals surface area contributed by atoms with Gasteiger partial charge in [0.2, 0.25) is 0 Å². The highest BCUT2D eigenvalue weighted by atomic mass is 16.6. The largest absolute Gasteiger partial charge is 0.458 e. The molecule has 230 valence electrons. The van der Waals surface area contributed by atoms with Gasteiger partial charge < -0.3 is 14.9 Å². The summed E-state index contributed by atoms with van der Waals surface area (Å²) < 4.78 is 6.45. The van der Waals surface area contributed by atoms with Crippen LogP contribution in [0.3, 0.4) is 0 Å². The van der Waals surface area contributed by atoms with E-state index in [1.54, 1.807) is 0 Å². The Bertz CT molecular complexity index is 1090. The highest BCUT2D eigenvalue weighted by Crippen LogP contribution is 2.89. The second kappa shape index (κ2) is 10.7. The topological polar surface area (TPSA) is 83.8 Å². The number of ether oxygens (including phenoxy) is 1. The van der Waals surface area contributed by atoms with Crippen molar-refractivity contribution < 1.29 is 28.8 Å². The van der Waals surface area contributed by atoms with Gasteiger partial charge in [-0.05, 0) is 54.6 Å². The molecule has 7 atom stereocenters. The Balaban J connectivity index is 0.00000215. The number of hydrogen-bond acceptors (Lipinski definition) is 5. The van der Waals surface area contributed by atoms with Gasteiger partial charge in [-0.1, -0.05) is 104 Å². The fraction of sp³-hybridized carbons (Fsp3) is 0.829. The number of aliphatic hydroxyl groups excluding tert-OH is 1. The van der Waals surface area contributed by atoms with Crippen molar-refractivity contribution >= 4 is 11.8 Å². The van der Waals surface area contributed by atoms with Crippen LogP contribution in [0, 0.1) is 34.0 Å². The molecule has 3 saturated carbocycles. The van der Waals surface area contributed by atoms with E-state index in [0.717, 1.165) is 31.3 Å². The zero-order valence-corrected chi connectivity index (χ0v) is 25.8. The molecule has 5 aliphatic rings. The zero-order chi connectivity index (χ0) is 29.0. The summed E-state index contributed by atoms with van der Waals surface area (Å²) in [5, 5.41) is 22.2. The number of allylic oxidation sites excluding steroid dienone is 1. The molecule has 2 spiro atoms. The van der Waals surface area contributed by atoms with Gasteiger partial charge in [-0.2, -0.15) is 0 Å². The number of ketones is 1. The molecule has 5 nitrogen and oxygen atoms in total. The second-order valence-corrected chi connectivity index (χ2v) is 14.8. The van der Waals surface area contributed by atoms with Crippen LogP contribution in [0.4, 0.5) is 0 Å². The molecule has 2 N–H and O–H groups in total. The molecule has 0 aromatic rings. The van der Waals surface area contributed by atoms with E-state index in [4.69, 9.17) is 4.74 Å². The summed E-state index contributed by atoms with van der Waals surface area (Å²) in [5.41, 5.74) is -1.60. The fourth-order valence-corrected chi connectivity index (χ4v) is 10.2. The summed E-state index contributed by atoms with van der Waals surface area (Å²) in [5.74, 6) is 0.115. The normalized spacial score (nSPS) is 40.2. The molecule has 0 amide bonds. The molecule has 0 aliphatic heterocycles. The van der Waals surface area contributed by atoms with E-state index < -0.39 is 16.6 Å². The quantitative estimate of drug-likeness (QED) is 0.128. The fourth-order valence-electron chi connectivity index (χ4n) is 10.2. The zero-order valence-electron chi connectivity index (χ0n) is 25.8. The molecule has 5 heteroatoms. The van der Waals surface area contributed by atoms with Crippen molar-refractivity contribution in [1.29, 1.82) is 0 Å². The van der Waals surface area contributed by atoms with E-state index in [9.17, 15) is 19.8 Å². The molecule has 0 saturated heterocycles. The number of hydrogen-bond donors (Lipinski definition) is 2. The smallest absolute Gasteiger partial charge is 0.306 e. The molecule has 5 rings (SSSR count). The third-order valence-electron chi connectivity index (χ3n) is 12.3. The summed E-state index contributed by atoms with van der Waals surface area (Å²) in [6.45, 7) is 10.6. The molecule has 0 heterocycles. The van der Waals surface area contributed by atoms with Crippen LogP contribution in [0.5, 0.6) is 0 Å². The van der Waals surface area contributed by atoms with Crippen LogP contribution in [0.15, 0.2) is 23.3 Å². The SMILES string of the molecule is CCCCCCCCCCCCCC(=O)O[C@@]12C[C@@H](C)[C@]34C[C@]35C=C(C)C(=O)[C@@]5(O)CC(CO)=C[C@H]4[C@@H]1C2(C)C.[HH].[HH].[HH]. The molecule has 0 unspecified atom stereocenters. The first-order valence-electron chi connectivity index (χ1n) is 16.5. The molecule has 3 fully saturated rings. The lowest BCUT2D eigenvalue weighted by atomic mass is 9.63. The van der Waals surface area contributed by atoms with Crippen LogP contribution in [0.25, 0.3) is 0 Å². The average molecular weight is 561 g/mol. The number of carbonyl (C=O) groups excluding carboxylic acids is 2. The van der Waals surface area contributed by atoms with Gasteiger partial charge in [0, 0.05) is 33.9 Å². The Morgan fingerprint density at radius 3 is 2.25 bits per heavy atom. The Morgan fingerprint density at radius 1 is 1.05 bits per heavy atom. The van der Waals surface area contributed by atoms with Crippen molar-refractivity contribution in [3.05, 3.63) is 23.3 Å². The number of carbonyl (C=O) groups is 2. The highest BCUT2D eigenvalue weighted by molar-refractivity contribution is 6.06. The maximum atomic E-state index is 13.3. The molecular formula is C35H60O5. The predicted octanol–water partition coefficient (Wildman–Crippen LogP) is 7.98. The number of esters is 1. The predicted molar refractivity (Wildman–Crippen MR) is 164 cm³/mol. The van der Waals surface area contributed by atoms with Crippen LogP contribution in [-0.4, -0.2) is 39.8 Å². The van der Waals surface area contributed by atoms with Gasteiger partial charge in [-0.25, -0.2) is 0 Å². The Labute approximate surface area is 246 Å². The summed E-state index contributed by atoms with van der Waals surface area (Å²) in [6, 6.07) is 0. The third-order valence-corrected chi connectivity index (χ3v) is 12.3. The van der Waals surface area contributed by atoms with E-state index in [1.807, 2.05) is 6.92 Å². The maximum absolute atomic E-state index is 13.3. The highest BCUT2D eigenvalue weighted by Gasteiger charge is 2.91. The van der Waals surface area contributed by atoms with Gasteiger partial charge in [0.15, 0.2) is 5.78 Å². The number of rotatable bonds is 14. The minimum Gasteiger partial charge on any atom is -0.458 e. The monoisotopic (exact) mass is 560 g/mol. The molecule has 0 aromatic carbocycles. The second-order valence-electron chi connectivity index (χ2n) is 14.8. The number of unbranched alkanes of at least 4 members (excludes halogenated alkanes) is 10. The van der Waals surface area contributed by atoms with E-state index in [2.05, 4.69) is 39.8 Å². The van der Waals surface area contributed by atoms with Crippen LogP contribution in [-0.2, 0) is 14.3 Å². The lowest BCUT2D eigenvalue weighted by Gasteiger charge is -2.43. The van der Waals surface area contributed by atoms with Gasteiger partial charge >= 0.3 is 5.97 Å². The number of aliphatic hydroxyl groups is 2. The first-order chi connectivity index (χ1) is 19.0. The van der Waals surface area contributed by atoms with Crippen molar-refractivity contribution in [2.75, 3.05) is 6.61 Å². The molecule has 0 radical (unpaired) electrons.